The van der Waals surface area contributed by atoms with Crippen molar-refractivity contribution < 1.29 is 14.8 Å². The van der Waals surface area contributed by atoms with Crippen molar-refractivity contribution in [1.82, 2.24) is 0 Å². The van der Waals surface area contributed by atoms with Crippen LogP contribution in [0.4, 0.5) is 17.1 Å². The second-order valence-electron chi connectivity index (χ2n) is 5.27. The van der Waals surface area contributed by atoms with Crippen LogP contribution in [0.15, 0.2) is 18.2 Å². The van der Waals surface area contributed by atoms with E-state index in [0.29, 0.717) is 30.9 Å². The molecule has 1 heterocycles. The van der Waals surface area contributed by atoms with E-state index in [0.717, 1.165) is 6.42 Å². The Labute approximate surface area is 123 Å². The molecular weight excluding hydrogens is 274 g/mol. The molecule has 1 aliphatic rings. The van der Waals surface area contributed by atoms with E-state index in [1.807, 2.05) is 6.92 Å². The largest absolute Gasteiger partial charge is 0.386 e. The lowest BCUT2D eigenvalue weighted by atomic mass is 10.0. The summed E-state index contributed by atoms with van der Waals surface area (Å²) >= 11 is 0. The minimum Gasteiger partial charge on any atom is -0.386 e. The summed E-state index contributed by atoms with van der Waals surface area (Å²) in [6.07, 6.45) is 1.41. The molecule has 0 aromatic heterocycles. The first-order valence-corrected chi connectivity index (χ1v) is 7.11. The highest BCUT2D eigenvalue weighted by Gasteiger charge is 2.32. The van der Waals surface area contributed by atoms with Gasteiger partial charge < -0.3 is 20.5 Å². The Morgan fingerprint density at radius 2 is 2.14 bits per heavy atom. The third-order valence-corrected chi connectivity index (χ3v) is 3.47. The number of nitrogens with zero attached hydrogens (tertiary/aromatic N) is 1. The van der Waals surface area contributed by atoms with Gasteiger partial charge >= 0.3 is 5.69 Å². The number of hydrogen-bond donors (Lipinski definition) is 3. The van der Waals surface area contributed by atoms with Gasteiger partial charge in [0.05, 0.1) is 11.5 Å². The van der Waals surface area contributed by atoms with Crippen LogP contribution in [0, 0.1) is 10.1 Å². The lowest BCUT2D eigenvalue weighted by Gasteiger charge is -2.21. The topological polar surface area (TPSA) is 96.7 Å². The maximum atomic E-state index is 11.3. The van der Waals surface area contributed by atoms with Crippen molar-refractivity contribution in [2.45, 2.75) is 25.4 Å². The number of nitro benzene ring substituents is 1. The first-order valence-electron chi connectivity index (χ1n) is 7.11. The summed E-state index contributed by atoms with van der Waals surface area (Å²) in [6, 6.07) is 5.09. The van der Waals surface area contributed by atoms with Gasteiger partial charge in [0.1, 0.15) is 17.0 Å². The van der Waals surface area contributed by atoms with Crippen molar-refractivity contribution in [2.75, 3.05) is 36.9 Å². The molecule has 1 unspecified atom stereocenters. The van der Waals surface area contributed by atoms with Crippen LogP contribution in [0.3, 0.4) is 0 Å². The van der Waals surface area contributed by atoms with Gasteiger partial charge in [0.2, 0.25) is 0 Å². The number of para-hydroxylation sites is 1. The quantitative estimate of drug-likeness (QED) is 0.526. The molecule has 0 bridgehead atoms. The number of aliphatic hydroxyl groups is 1. The van der Waals surface area contributed by atoms with E-state index in [4.69, 9.17) is 4.74 Å². The molecule has 0 aliphatic carbocycles. The van der Waals surface area contributed by atoms with E-state index in [-0.39, 0.29) is 18.8 Å². The molecule has 7 nitrogen and oxygen atoms in total. The summed E-state index contributed by atoms with van der Waals surface area (Å²) in [5.41, 5.74) is -0.0582. The first-order chi connectivity index (χ1) is 10.1. The fraction of sp³-hybridized carbons (Fsp3) is 0.571. The van der Waals surface area contributed by atoms with Crippen molar-refractivity contribution >= 4 is 17.1 Å². The summed E-state index contributed by atoms with van der Waals surface area (Å²) in [5.74, 6) is 0. The Kier molecular flexibility index (Phi) is 4.98. The van der Waals surface area contributed by atoms with Gasteiger partial charge in [0.15, 0.2) is 0 Å². The second kappa shape index (κ2) is 6.73. The van der Waals surface area contributed by atoms with Gasteiger partial charge in [0.25, 0.3) is 0 Å². The number of rotatable bonds is 7. The monoisotopic (exact) mass is 295 g/mol. The molecule has 1 fully saturated rings. The van der Waals surface area contributed by atoms with Crippen LogP contribution < -0.4 is 10.6 Å². The molecule has 0 amide bonds. The Hall–Kier alpha value is -1.86. The van der Waals surface area contributed by atoms with Gasteiger partial charge in [-0.1, -0.05) is 13.0 Å². The number of anilines is 2. The van der Waals surface area contributed by atoms with Gasteiger partial charge in [0, 0.05) is 26.1 Å². The van der Waals surface area contributed by atoms with Crippen molar-refractivity contribution in [2.24, 2.45) is 0 Å². The van der Waals surface area contributed by atoms with Crippen LogP contribution in [0.5, 0.6) is 0 Å². The molecule has 1 aromatic carbocycles. The second-order valence-corrected chi connectivity index (χ2v) is 5.27. The van der Waals surface area contributed by atoms with E-state index in [2.05, 4.69) is 10.6 Å². The smallest absolute Gasteiger partial charge is 0.315 e. The van der Waals surface area contributed by atoms with E-state index in [1.54, 1.807) is 18.2 Å². The summed E-state index contributed by atoms with van der Waals surface area (Å²) in [6.45, 7) is 3.66. The number of benzene rings is 1. The highest BCUT2D eigenvalue weighted by Crippen LogP contribution is 2.33. The van der Waals surface area contributed by atoms with Gasteiger partial charge in [-0.25, -0.2) is 0 Å². The molecule has 0 spiro atoms. The van der Waals surface area contributed by atoms with Gasteiger partial charge in [-0.2, -0.15) is 0 Å². The van der Waals surface area contributed by atoms with Crippen LogP contribution in [0.1, 0.15) is 19.8 Å². The standard InChI is InChI=1S/C14H21N3O4/c1-2-7-15-11-4-3-5-12(13(11)17(19)20)16-9-14(18)6-8-21-10-14/h3-5,15-16,18H,2,6-10H2,1H3. The number of nitro groups is 1. The minimum atomic E-state index is -0.958. The molecular formula is C14H21N3O4. The van der Waals surface area contributed by atoms with Gasteiger partial charge in [-0.3, -0.25) is 10.1 Å². The fourth-order valence-corrected chi connectivity index (χ4v) is 2.28. The Morgan fingerprint density at radius 3 is 2.71 bits per heavy atom. The third-order valence-electron chi connectivity index (χ3n) is 3.47. The maximum Gasteiger partial charge on any atom is 0.315 e. The number of ether oxygens (including phenoxy) is 1. The molecule has 3 N–H and O–H groups in total. The zero-order valence-electron chi connectivity index (χ0n) is 12.1. The summed E-state index contributed by atoms with van der Waals surface area (Å²) in [7, 11) is 0. The van der Waals surface area contributed by atoms with E-state index in [1.165, 1.54) is 0 Å². The van der Waals surface area contributed by atoms with Crippen molar-refractivity contribution in [3.63, 3.8) is 0 Å². The van der Waals surface area contributed by atoms with Crippen molar-refractivity contribution in [3.8, 4) is 0 Å². The van der Waals surface area contributed by atoms with E-state index >= 15 is 0 Å². The van der Waals surface area contributed by atoms with Gasteiger partial charge in [-0.05, 0) is 18.6 Å². The van der Waals surface area contributed by atoms with Crippen molar-refractivity contribution in [3.05, 3.63) is 28.3 Å². The molecule has 0 saturated carbocycles. The molecule has 0 radical (unpaired) electrons. The summed E-state index contributed by atoms with van der Waals surface area (Å²) in [4.78, 5) is 10.9. The SMILES string of the molecule is CCCNc1cccc(NCC2(O)CCOC2)c1[N+](=O)[O-]. The summed E-state index contributed by atoms with van der Waals surface area (Å²) in [5, 5.41) is 27.6. The predicted octanol–water partition coefficient (Wildman–Crippen LogP) is 1.98. The molecule has 116 valence electrons. The van der Waals surface area contributed by atoms with E-state index < -0.39 is 10.5 Å². The average molecular weight is 295 g/mol. The molecule has 2 rings (SSSR count). The lowest BCUT2D eigenvalue weighted by molar-refractivity contribution is -0.383. The predicted molar refractivity (Wildman–Crippen MR) is 80.8 cm³/mol. The first kappa shape index (κ1) is 15.5. The summed E-state index contributed by atoms with van der Waals surface area (Å²) < 4.78 is 5.17. The van der Waals surface area contributed by atoms with Crippen LogP contribution in [-0.2, 0) is 4.74 Å². The molecule has 7 heteroatoms. The third kappa shape index (κ3) is 3.83. The highest BCUT2D eigenvalue weighted by molar-refractivity contribution is 5.76. The molecule has 1 atom stereocenters. The zero-order chi connectivity index (χ0) is 15.3. The van der Waals surface area contributed by atoms with Crippen LogP contribution in [0.2, 0.25) is 0 Å². The number of nitrogens with one attached hydrogen (secondary N) is 2. The van der Waals surface area contributed by atoms with Crippen LogP contribution in [0.25, 0.3) is 0 Å². The minimum absolute atomic E-state index is 0.00784. The fourth-order valence-electron chi connectivity index (χ4n) is 2.28. The van der Waals surface area contributed by atoms with Crippen LogP contribution in [-0.4, -0.2) is 41.9 Å². The Balaban J connectivity index is 2.15. The Morgan fingerprint density at radius 1 is 1.43 bits per heavy atom. The Bertz CT molecular complexity index is 501. The van der Waals surface area contributed by atoms with E-state index in [9.17, 15) is 15.2 Å². The number of hydrogen-bond acceptors (Lipinski definition) is 6. The lowest BCUT2D eigenvalue weighted by Crippen LogP contribution is -2.37. The van der Waals surface area contributed by atoms with Crippen molar-refractivity contribution in [1.29, 1.82) is 0 Å². The average Bonchev–Trinajstić information content (AvgIpc) is 2.90. The molecule has 21 heavy (non-hydrogen) atoms. The van der Waals surface area contributed by atoms with Crippen LogP contribution >= 0.6 is 0 Å². The normalized spacial score (nSPS) is 21.2. The molecule has 1 saturated heterocycles. The maximum absolute atomic E-state index is 11.3. The molecule has 1 aromatic rings. The zero-order valence-corrected chi connectivity index (χ0v) is 12.1. The van der Waals surface area contributed by atoms with Gasteiger partial charge in [-0.15, -0.1) is 0 Å². The highest BCUT2D eigenvalue weighted by atomic mass is 16.6. The molecule has 1 aliphatic heterocycles.